The van der Waals surface area contributed by atoms with Gasteiger partial charge in [0.1, 0.15) is 0 Å². The van der Waals surface area contributed by atoms with Crippen LogP contribution in [0.1, 0.15) is 32.6 Å². The van der Waals surface area contributed by atoms with Gasteiger partial charge in [0, 0.05) is 45.1 Å². The van der Waals surface area contributed by atoms with Crippen LogP contribution in [0.5, 0.6) is 0 Å². The maximum atomic E-state index is 12.4. The summed E-state index contributed by atoms with van der Waals surface area (Å²) in [5, 5.41) is 6.21. The van der Waals surface area contributed by atoms with Gasteiger partial charge in [-0.05, 0) is 31.1 Å². The summed E-state index contributed by atoms with van der Waals surface area (Å²) in [5.74, 6) is 1.66. The maximum Gasteiger partial charge on any atom is 0.223 e. The number of amides is 2. The van der Waals surface area contributed by atoms with Gasteiger partial charge < -0.3 is 15.5 Å². The molecule has 3 heterocycles. The molecular formula is C14H23N3O2. The van der Waals surface area contributed by atoms with Crippen molar-refractivity contribution in [2.45, 2.75) is 44.7 Å². The standard InChI is InChI=1S/C14H23N3O2/c1-9(18)16-6-2-3-14(19)17-12-4-5-13(17)11-8-15-7-10(11)12/h10-13,15H,2-8H2,1H3,(H,16,18)/t10-,11+,12-,13+. The second-order valence-corrected chi connectivity index (χ2v) is 6.09. The molecular weight excluding hydrogens is 242 g/mol. The summed E-state index contributed by atoms with van der Waals surface area (Å²) < 4.78 is 0. The van der Waals surface area contributed by atoms with E-state index in [4.69, 9.17) is 0 Å². The van der Waals surface area contributed by atoms with Crippen molar-refractivity contribution >= 4 is 11.8 Å². The van der Waals surface area contributed by atoms with Crippen LogP contribution in [0.4, 0.5) is 0 Å². The second kappa shape index (κ2) is 5.12. The van der Waals surface area contributed by atoms with E-state index >= 15 is 0 Å². The molecule has 0 aromatic rings. The van der Waals surface area contributed by atoms with E-state index in [0.717, 1.165) is 19.5 Å². The molecule has 0 spiro atoms. The third-order valence-electron chi connectivity index (χ3n) is 5.00. The van der Waals surface area contributed by atoms with E-state index in [0.29, 0.717) is 42.8 Å². The van der Waals surface area contributed by atoms with Gasteiger partial charge in [-0.2, -0.15) is 0 Å². The van der Waals surface area contributed by atoms with E-state index in [2.05, 4.69) is 15.5 Å². The lowest BCUT2D eigenvalue weighted by atomic mass is 9.82. The zero-order valence-corrected chi connectivity index (χ0v) is 11.5. The maximum absolute atomic E-state index is 12.4. The third-order valence-corrected chi connectivity index (χ3v) is 5.00. The van der Waals surface area contributed by atoms with Crippen molar-refractivity contribution < 1.29 is 9.59 Å². The first kappa shape index (κ1) is 12.9. The van der Waals surface area contributed by atoms with Crippen molar-refractivity contribution in [3.63, 3.8) is 0 Å². The number of nitrogens with zero attached hydrogens (tertiary/aromatic N) is 1. The molecule has 19 heavy (non-hydrogen) atoms. The van der Waals surface area contributed by atoms with Crippen LogP contribution in [0.25, 0.3) is 0 Å². The van der Waals surface area contributed by atoms with Gasteiger partial charge in [0.25, 0.3) is 0 Å². The predicted octanol–water partition coefficient (Wildman–Crippen LogP) is 0.112. The van der Waals surface area contributed by atoms with Crippen LogP contribution >= 0.6 is 0 Å². The van der Waals surface area contributed by atoms with Crippen LogP contribution in [-0.4, -0.2) is 48.4 Å². The summed E-state index contributed by atoms with van der Waals surface area (Å²) in [6.45, 7) is 4.29. The molecule has 5 heteroatoms. The van der Waals surface area contributed by atoms with Crippen molar-refractivity contribution in [2.24, 2.45) is 11.8 Å². The van der Waals surface area contributed by atoms with Crippen molar-refractivity contribution in [1.82, 2.24) is 15.5 Å². The molecule has 2 N–H and O–H groups in total. The first-order valence-electron chi connectivity index (χ1n) is 7.45. The number of hydrogen-bond donors (Lipinski definition) is 2. The van der Waals surface area contributed by atoms with Crippen LogP contribution in [0.2, 0.25) is 0 Å². The minimum absolute atomic E-state index is 0.0192. The van der Waals surface area contributed by atoms with Crippen LogP contribution in [0.15, 0.2) is 0 Å². The van der Waals surface area contributed by atoms with E-state index in [-0.39, 0.29) is 5.91 Å². The Hall–Kier alpha value is -1.10. The van der Waals surface area contributed by atoms with Gasteiger partial charge in [0.05, 0.1) is 0 Å². The average molecular weight is 265 g/mol. The normalized spacial score (nSPS) is 35.5. The summed E-state index contributed by atoms with van der Waals surface area (Å²) in [6, 6.07) is 0.969. The summed E-state index contributed by atoms with van der Waals surface area (Å²) in [5.41, 5.74) is 0. The molecule has 3 aliphatic rings. The molecule has 106 valence electrons. The number of carbonyl (C=O) groups excluding carboxylic acids is 2. The molecule has 2 bridgehead atoms. The van der Waals surface area contributed by atoms with Crippen LogP contribution in [0, 0.1) is 11.8 Å². The molecule has 0 saturated carbocycles. The summed E-state index contributed by atoms with van der Waals surface area (Å²) in [4.78, 5) is 25.3. The first-order valence-corrected chi connectivity index (χ1v) is 7.45. The second-order valence-electron chi connectivity index (χ2n) is 6.09. The molecule has 3 saturated heterocycles. The Morgan fingerprint density at radius 3 is 2.42 bits per heavy atom. The van der Waals surface area contributed by atoms with E-state index in [1.165, 1.54) is 19.8 Å². The summed E-state index contributed by atoms with van der Waals surface area (Å²) in [7, 11) is 0. The Morgan fingerprint density at radius 1 is 1.21 bits per heavy atom. The monoisotopic (exact) mass is 265 g/mol. The zero-order chi connectivity index (χ0) is 13.4. The number of rotatable bonds is 4. The molecule has 2 amide bonds. The lowest BCUT2D eigenvalue weighted by Crippen LogP contribution is -2.39. The lowest BCUT2D eigenvalue weighted by Gasteiger charge is -2.24. The van der Waals surface area contributed by atoms with Crippen LogP contribution in [0.3, 0.4) is 0 Å². The molecule has 0 aromatic heterocycles. The van der Waals surface area contributed by atoms with Crippen LogP contribution in [-0.2, 0) is 9.59 Å². The van der Waals surface area contributed by atoms with E-state index in [9.17, 15) is 9.59 Å². The predicted molar refractivity (Wildman–Crippen MR) is 71.4 cm³/mol. The van der Waals surface area contributed by atoms with Crippen molar-refractivity contribution in [3.05, 3.63) is 0 Å². The first-order chi connectivity index (χ1) is 9.18. The topological polar surface area (TPSA) is 61.4 Å². The largest absolute Gasteiger partial charge is 0.356 e. The third kappa shape index (κ3) is 2.24. The van der Waals surface area contributed by atoms with Gasteiger partial charge in [-0.1, -0.05) is 0 Å². The summed E-state index contributed by atoms with van der Waals surface area (Å²) >= 11 is 0. The summed E-state index contributed by atoms with van der Waals surface area (Å²) in [6.07, 6.45) is 3.69. The SMILES string of the molecule is CC(=O)NCCCC(=O)N1[C@@H]2CC[C@H]1[C@H]1CNC[C@H]12. The highest BCUT2D eigenvalue weighted by atomic mass is 16.2. The molecule has 0 radical (unpaired) electrons. The minimum Gasteiger partial charge on any atom is -0.356 e. The molecule has 3 fully saturated rings. The van der Waals surface area contributed by atoms with E-state index < -0.39 is 0 Å². The average Bonchev–Trinajstić information content (AvgIpc) is 3.03. The molecule has 0 aliphatic carbocycles. The highest BCUT2D eigenvalue weighted by molar-refractivity contribution is 5.78. The van der Waals surface area contributed by atoms with E-state index in [1.807, 2.05) is 0 Å². The highest BCUT2D eigenvalue weighted by Gasteiger charge is 2.55. The van der Waals surface area contributed by atoms with Gasteiger partial charge in [0.2, 0.25) is 11.8 Å². The highest BCUT2D eigenvalue weighted by Crippen LogP contribution is 2.47. The van der Waals surface area contributed by atoms with Gasteiger partial charge in [-0.25, -0.2) is 0 Å². The smallest absolute Gasteiger partial charge is 0.223 e. The van der Waals surface area contributed by atoms with Gasteiger partial charge >= 0.3 is 0 Å². The quantitative estimate of drug-likeness (QED) is 0.709. The van der Waals surface area contributed by atoms with Gasteiger partial charge in [-0.3, -0.25) is 9.59 Å². The Morgan fingerprint density at radius 2 is 1.84 bits per heavy atom. The number of hydrogen-bond acceptors (Lipinski definition) is 3. The van der Waals surface area contributed by atoms with Crippen molar-refractivity contribution in [1.29, 1.82) is 0 Å². The number of fused-ring (bicyclic) bond motifs is 5. The van der Waals surface area contributed by atoms with Crippen LogP contribution < -0.4 is 10.6 Å². The number of nitrogens with one attached hydrogen (secondary N) is 2. The minimum atomic E-state index is -0.0192. The van der Waals surface area contributed by atoms with Crippen molar-refractivity contribution in [2.75, 3.05) is 19.6 Å². The fourth-order valence-electron chi connectivity index (χ4n) is 4.27. The molecule has 4 atom stereocenters. The Labute approximate surface area is 114 Å². The fraction of sp³-hybridized carbons (Fsp3) is 0.857. The molecule has 3 rings (SSSR count). The molecule has 5 nitrogen and oxygen atoms in total. The Balaban J connectivity index is 1.52. The molecule has 0 unspecified atom stereocenters. The van der Waals surface area contributed by atoms with Gasteiger partial charge in [0.15, 0.2) is 0 Å². The van der Waals surface area contributed by atoms with Gasteiger partial charge in [-0.15, -0.1) is 0 Å². The Bertz CT molecular complexity index is 367. The zero-order valence-electron chi connectivity index (χ0n) is 11.5. The lowest BCUT2D eigenvalue weighted by molar-refractivity contribution is -0.133. The Kier molecular flexibility index (Phi) is 3.48. The molecule has 3 aliphatic heterocycles. The van der Waals surface area contributed by atoms with Crippen molar-refractivity contribution in [3.8, 4) is 0 Å². The fourth-order valence-corrected chi connectivity index (χ4v) is 4.27. The van der Waals surface area contributed by atoms with E-state index in [1.54, 1.807) is 0 Å². The number of carbonyl (C=O) groups is 2. The molecule has 0 aromatic carbocycles.